The summed E-state index contributed by atoms with van der Waals surface area (Å²) in [6.07, 6.45) is 5.95. The number of carbonyl (C=O) groups excluding carboxylic acids is 1. The van der Waals surface area contributed by atoms with Crippen LogP contribution in [-0.4, -0.2) is 77.2 Å². The van der Waals surface area contributed by atoms with Crippen molar-refractivity contribution >= 4 is 11.8 Å². The van der Waals surface area contributed by atoms with E-state index in [2.05, 4.69) is 55.3 Å². The van der Waals surface area contributed by atoms with Gasteiger partial charge in [0.05, 0.1) is 12.4 Å². The lowest BCUT2D eigenvalue weighted by atomic mass is 9.93. The van der Waals surface area contributed by atoms with Gasteiger partial charge >= 0.3 is 12.6 Å². The van der Waals surface area contributed by atoms with E-state index in [1.807, 2.05) is 23.6 Å². The number of halogens is 2. The minimum absolute atomic E-state index is 0.0336. The van der Waals surface area contributed by atoms with Gasteiger partial charge in [0.25, 0.3) is 0 Å². The molecule has 2 aliphatic heterocycles. The van der Waals surface area contributed by atoms with Crippen molar-refractivity contribution in [3.8, 4) is 5.88 Å². The second-order valence-electron chi connectivity index (χ2n) is 9.83. The Morgan fingerprint density at radius 2 is 1.78 bits per heavy atom. The summed E-state index contributed by atoms with van der Waals surface area (Å²) < 4.78 is 28.9. The highest BCUT2D eigenvalue weighted by Crippen LogP contribution is 2.23. The van der Waals surface area contributed by atoms with Gasteiger partial charge in [0.1, 0.15) is 5.82 Å². The summed E-state index contributed by atoms with van der Waals surface area (Å²) >= 11 is 0. The molecule has 2 saturated heterocycles. The Balaban J connectivity index is 1.18. The first-order valence-corrected chi connectivity index (χ1v) is 12.7. The van der Waals surface area contributed by atoms with E-state index in [9.17, 15) is 13.6 Å². The van der Waals surface area contributed by atoms with Crippen LogP contribution in [0.25, 0.3) is 0 Å². The van der Waals surface area contributed by atoms with Crippen molar-refractivity contribution in [1.82, 2.24) is 25.1 Å². The number of aromatic nitrogens is 2. The van der Waals surface area contributed by atoms with E-state index in [4.69, 9.17) is 0 Å². The Hall–Kier alpha value is -3.01. The summed E-state index contributed by atoms with van der Waals surface area (Å²) in [5, 5.41) is 3.13. The number of carbonyl (C=O) groups is 1. The van der Waals surface area contributed by atoms with Crippen molar-refractivity contribution in [2.45, 2.75) is 58.3 Å². The van der Waals surface area contributed by atoms with Crippen molar-refractivity contribution in [3.05, 3.63) is 48.3 Å². The van der Waals surface area contributed by atoms with Crippen LogP contribution in [-0.2, 0) is 6.54 Å². The first kappa shape index (κ1) is 26.1. The maximum absolute atomic E-state index is 13.0. The topological polar surface area (TPSA) is 73.8 Å². The van der Waals surface area contributed by atoms with Crippen molar-refractivity contribution in [1.29, 1.82) is 0 Å². The second-order valence-corrected chi connectivity index (χ2v) is 9.83. The van der Waals surface area contributed by atoms with Crippen LogP contribution in [0.4, 0.5) is 19.4 Å². The summed E-state index contributed by atoms with van der Waals surface area (Å²) in [5.74, 6) is 1.00. The molecule has 2 fully saturated rings. The number of piperazine rings is 1. The molecule has 8 nitrogen and oxygen atoms in total. The molecule has 0 saturated carbocycles. The maximum atomic E-state index is 13.0. The molecule has 2 atom stereocenters. The predicted molar refractivity (Wildman–Crippen MR) is 134 cm³/mol. The van der Waals surface area contributed by atoms with E-state index in [0.717, 1.165) is 38.9 Å². The average molecular weight is 503 g/mol. The smallest absolute Gasteiger partial charge is 0.388 e. The molecule has 1 aromatic heterocycles. The zero-order valence-corrected chi connectivity index (χ0v) is 21.0. The van der Waals surface area contributed by atoms with Crippen molar-refractivity contribution in [2.24, 2.45) is 5.92 Å². The largest absolute Gasteiger partial charge is 0.415 e. The fourth-order valence-electron chi connectivity index (χ4n) is 5.28. The number of hydrogen-bond acceptors (Lipinski definition) is 6. The molecule has 196 valence electrons. The lowest BCUT2D eigenvalue weighted by Gasteiger charge is -2.44. The third-order valence-corrected chi connectivity index (χ3v) is 7.09. The van der Waals surface area contributed by atoms with Crippen LogP contribution in [0.15, 0.2) is 42.7 Å². The molecule has 3 heterocycles. The molecular weight excluding hydrogens is 466 g/mol. The van der Waals surface area contributed by atoms with Gasteiger partial charge in [0.15, 0.2) is 0 Å². The molecule has 2 amide bonds. The van der Waals surface area contributed by atoms with Gasteiger partial charge in [-0.05, 0) is 57.7 Å². The highest BCUT2D eigenvalue weighted by molar-refractivity contribution is 5.75. The van der Waals surface area contributed by atoms with E-state index in [1.54, 1.807) is 0 Å². The molecule has 0 aliphatic carbocycles. The van der Waals surface area contributed by atoms with Gasteiger partial charge in [0, 0.05) is 38.3 Å². The number of nitrogens with one attached hydrogen (secondary N) is 1. The molecule has 10 heteroatoms. The number of likely N-dealkylation sites (tertiary alicyclic amines) is 1. The summed E-state index contributed by atoms with van der Waals surface area (Å²) in [7, 11) is 0. The third kappa shape index (κ3) is 7.02. The lowest BCUT2D eigenvalue weighted by Crippen LogP contribution is -2.61. The Morgan fingerprint density at radius 1 is 1.08 bits per heavy atom. The molecule has 2 aliphatic rings. The Morgan fingerprint density at radius 3 is 2.39 bits per heavy atom. The van der Waals surface area contributed by atoms with Crippen molar-refractivity contribution in [3.63, 3.8) is 0 Å². The first-order valence-electron chi connectivity index (χ1n) is 12.7. The summed E-state index contributed by atoms with van der Waals surface area (Å²) in [6.45, 7) is 6.13. The zero-order chi connectivity index (χ0) is 25.5. The Labute approximate surface area is 211 Å². The molecule has 1 aromatic carbocycles. The number of amides is 2. The SMILES string of the molecule is C[C@@H]1CN(c2cnc(OC(F)F)cn2)C[C@@H](C)N1C(=O)NCCC1CCN(Cc2ccccc2)CC1. The number of piperidine rings is 1. The van der Waals surface area contributed by atoms with Crippen LogP contribution < -0.4 is 15.0 Å². The maximum Gasteiger partial charge on any atom is 0.388 e. The summed E-state index contributed by atoms with van der Waals surface area (Å²) in [6, 6.07) is 10.5. The van der Waals surface area contributed by atoms with Crippen LogP contribution in [0.3, 0.4) is 0 Å². The molecular formula is C26H36F2N6O2. The normalized spacial score (nSPS) is 21.6. The second kappa shape index (κ2) is 12.3. The number of rotatable bonds is 8. The van der Waals surface area contributed by atoms with Gasteiger partial charge in [-0.3, -0.25) is 4.90 Å². The zero-order valence-electron chi connectivity index (χ0n) is 21.0. The van der Waals surface area contributed by atoms with E-state index < -0.39 is 6.61 Å². The summed E-state index contributed by atoms with van der Waals surface area (Å²) in [5.41, 5.74) is 1.36. The van der Waals surface area contributed by atoms with Crippen molar-refractivity contribution in [2.75, 3.05) is 37.6 Å². The number of alkyl halides is 2. The Bertz CT molecular complexity index is 945. The van der Waals surface area contributed by atoms with Crippen molar-refractivity contribution < 1.29 is 18.3 Å². The number of urea groups is 1. The van der Waals surface area contributed by atoms with Gasteiger partial charge in [-0.1, -0.05) is 30.3 Å². The first-order chi connectivity index (χ1) is 17.4. The van der Waals surface area contributed by atoms with Gasteiger partial charge in [0.2, 0.25) is 5.88 Å². The number of benzene rings is 1. The average Bonchev–Trinajstić information content (AvgIpc) is 2.85. The minimum atomic E-state index is -2.93. The van der Waals surface area contributed by atoms with Crippen LogP contribution in [0, 0.1) is 5.92 Å². The number of anilines is 1. The van der Waals surface area contributed by atoms with Gasteiger partial charge in [-0.25, -0.2) is 14.8 Å². The summed E-state index contributed by atoms with van der Waals surface area (Å²) in [4.78, 5) is 27.5. The van der Waals surface area contributed by atoms with Crippen LogP contribution in [0.5, 0.6) is 5.88 Å². The van der Waals surface area contributed by atoms with Gasteiger partial charge in [-0.15, -0.1) is 0 Å². The monoisotopic (exact) mass is 502 g/mol. The number of hydrogen-bond donors (Lipinski definition) is 1. The fraction of sp³-hybridized carbons (Fsp3) is 0.577. The molecule has 36 heavy (non-hydrogen) atoms. The van der Waals surface area contributed by atoms with E-state index in [0.29, 0.717) is 31.4 Å². The van der Waals surface area contributed by atoms with E-state index >= 15 is 0 Å². The lowest BCUT2D eigenvalue weighted by molar-refractivity contribution is -0.0531. The minimum Gasteiger partial charge on any atom is -0.415 e. The van der Waals surface area contributed by atoms with E-state index in [1.165, 1.54) is 18.0 Å². The molecule has 4 rings (SSSR count). The highest BCUT2D eigenvalue weighted by atomic mass is 19.3. The molecule has 0 spiro atoms. The molecule has 2 aromatic rings. The standard InChI is InChI=1S/C26H36F2N6O2/c1-19-16-33(23-14-31-24(15-30-23)36-25(27)28)17-20(2)34(19)26(35)29-11-8-21-9-12-32(13-10-21)18-22-6-4-3-5-7-22/h3-7,14-15,19-21,25H,8-13,16-18H2,1-2H3,(H,29,35)/t19-,20-/m1/s1. The van der Waals surface area contributed by atoms with Gasteiger partial charge < -0.3 is 19.9 Å². The molecule has 0 radical (unpaired) electrons. The molecule has 1 N–H and O–H groups in total. The van der Waals surface area contributed by atoms with E-state index in [-0.39, 0.29) is 24.0 Å². The van der Waals surface area contributed by atoms with Crippen LogP contribution >= 0.6 is 0 Å². The van der Waals surface area contributed by atoms with Gasteiger partial charge in [-0.2, -0.15) is 8.78 Å². The molecule has 0 unspecified atom stereocenters. The number of ether oxygens (including phenoxy) is 1. The predicted octanol–water partition coefficient (Wildman–Crippen LogP) is 3.99. The highest BCUT2D eigenvalue weighted by Gasteiger charge is 2.33. The van der Waals surface area contributed by atoms with Crippen LogP contribution in [0.2, 0.25) is 0 Å². The third-order valence-electron chi connectivity index (χ3n) is 7.09. The number of nitrogens with zero attached hydrogens (tertiary/aromatic N) is 5. The Kier molecular flexibility index (Phi) is 8.90. The fourth-order valence-corrected chi connectivity index (χ4v) is 5.28. The quantitative estimate of drug-likeness (QED) is 0.589. The molecule has 0 bridgehead atoms. The van der Waals surface area contributed by atoms with Crippen LogP contribution in [0.1, 0.15) is 38.7 Å².